The average Bonchev–Trinajstić information content (AvgIpc) is 3.50. The minimum absolute atomic E-state index is 0.00926. The number of furan rings is 1. The van der Waals surface area contributed by atoms with Crippen molar-refractivity contribution in [2.45, 2.75) is 40.0 Å². The van der Waals surface area contributed by atoms with Crippen molar-refractivity contribution in [3.05, 3.63) is 64.9 Å². The molecule has 1 heterocycles. The smallest absolute Gasteiger partial charge is 0.290 e. The molecule has 2 aromatic carbocycles. The third-order valence-electron chi connectivity index (χ3n) is 5.20. The molecule has 3 aromatic rings. The summed E-state index contributed by atoms with van der Waals surface area (Å²) in [7, 11) is 1.97. The van der Waals surface area contributed by atoms with Gasteiger partial charge in [0.15, 0.2) is 6.29 Å². The van der Waals surface area contributed by atoms with Crippen molar-refractivity contribution in [2.75, 3.05) is 18.1 Å². The topological polar surface area (TPSA) is 173 Å². The van der Waals surface area contributed by atoms with Crippen LogP contribution in [0.4, 0.5) is 11.4 Å². The van der Waals surface area contributed by atoms with Crippen LogP contribution < -0.4 is 11.1 Å². The molecule has 7 N–H and O–H groups in total. The number of benzene rings is 2. The van der Waals surface area contributed by atoms with Crippen LogP contribution in [0.2, 0.25) is 0 Å². The third kappa shape index (κ3) is 9.09. The first-order valence-corrected chi connectivity index (χ1v) is 11.2. The number of carbonyl (C=O) groups excluding carboxylic acids is 1. The fraction of sp³-hybridized carbons (Fsp3) is 0.259. The monoisotopic (exact) mass is 494 g/mol. The van der Waals surface area contributed by atoms with Crippen molar-refractivity contribution in [3.63, 3.8) is 0 Å². The van der Waals surface area contributed by atoms with E-state index in [1.54, 1.807) is 11.6 Å². The Hall–Kier alpha value is -4.40. The summed E-state index contributed by atoms with van der Waals surface area (Å²) in [6.07, 6.45) is 4.23. The van der Waals surface area contributed by atoms with Gasteiger partial charge in [-0.25, -0.2) is 0 Å². The average molecular weight is 495 g/mol. The highest BCUT2D eigenvalue weighted by atomic mass is 16.3. The van der Waals surface area contributed by atoms with Gasteiger partial charge in [0.1, 0.15) is 23.0 Å². The number of hydrogen-bond acceptors (Lipinski definition) is 8. The third-order valence-corrected chi connectivity index (χ3v) is 5.20. The first kappa shape index (κ1) is 29.6. The van der Waals surface area contributed by atoms with E-state index < -0.39 is 0 Å². The Morgan fingerprint density at radius 3 is 2.19 bits per heavy atom. The summed E-state index contributed by atoms with van der Waals surface area (Å²) in [6, 6.07) is 13.9. The largest absolute Gasteiger partial charge is 0.505 e. The number of phenols is 1. The maximum absolute atomic E-state index is 9.80. The van der Waals surface area contributed by atoms with Gasteiger partial charge in [-0.15, -0.1) is 0 Å². The Morgan fingerprint density at radius 1 is 1.06 bits per heavy atom. The maximum atomic E-state index is 9.80. The van der Waals surface area contributed by atoms with Crippen LogP contribution in [0.25, 0.3) is 11.3 Å². The lowest BCUT2D eigenvalue weighted by Gasteiger charge is -2.06. The predicted molar refractivity (Wildman–Crippen MR) is 144 cm³/mol. The molecule has 1 aliphatic rings. The second-order valence-corrected chi connectivity index (χ2v) is 8.01. The number of carbonyl (C=O) groups is 2. The van der Waals surface area contributed by atoms with Gasteiger partial charge in [-0.1, -0.05) is 6.07 Å². The number of fused-ring (bicyclic) bond motifs is 1. The van der Waals surface area contributed by atoms with Gasteiger partial charge in [-0.2, -0.15) is 0 Å². The molecule has 0 bridgehead atoms. The van der Waals surface area contributed by atoms with Gasteiger partial charge in [-0.05, 0) is 93.1 Å². The lowest BCUT2D eigenvalue weighted by atomic mass is 10.1. The number of carboxylic acid groups (broad SMARTS) is 1. The second-order valence-electron chi connectivity index (χ2n) is 8.01. The van der Waals surface area contributed by atoms with E-state index >= 15 is 0 Å². The van der Waals surface area contributed by atoms with Gasteiger partial charge in [0.25, 0.3) is 6.47 Å². The van der Waals surface area contributed by atoms with E-state index in [-0.39, 0.29) is 23.6 Å². The van der Waals surface area contributed by atoms with E-state index in [9.17, 15) is 9.90 Å². The van der Waals surface area contributed by atoms with Crippen LogP contribution in [0.15, 0.2) is 46.9 Å². The minimum atomic E-state index is -0.250. The van der Waals surface area contributed by atoms with Gasteiger partial charge in [0.05, 0.1) is 17.0 Å². The van der Waals surface area contributed by atoms with Crippen molar-refractivity contribution in [3.8, 4) is 17.1 Å². The van der Waals surface area contributed by atoms with Crippen molar-refractivity contribution >= 4 is 35.6 Å². The highest BCUT2D eigenvalue weighted by Gasteiger charge is 2.11. The SMILES string of the molecule is CC(=N)C(=N)C=O.CNc1ccc2c(c1)CCC2.Cc1cc(N)c(O)c(-c2ccc(C)o2)c1.O=CO. The van der Waals surface area contributed by atoms with Crippen molar-refractivity contribution in [1.82, 2.24) is 0 Å². The normalized spacial score (nSPS) is 10.7. The predicted octanol–water partition coefficient (Wildman–Crippen LogP) is 5.01. The molecule has 9 heteroatoms. The molecule has 0 aliphatic heterocycles. The summed E-state index contributed by atoms with van der Waals surface area (Å²) in [5.41, 5.74) is 11.8. The summed E-state index contributed by atoms with van der Waals surface area (Å²) >= 11 is 0. The Kier molecular flexibility index (Phi) is 12.2. The van der Waals surface area contributed by atoms with E-state index in [1.165, 1.54) is 37.4 Å². The molecule has 36 heavy (non-hydrogen) atoms. The molecule has 0 amide bonds. The Morgan fingerprint density at radius 2 is 1.69 bits per heavy atom. The molecule has 0 saturated carbocycles. The molecule has 0 fully saturated rings. The van der Waals surface area contributed by atoms with Crippen LogP contribution in [-0.2, 0) is 22.4 Å². The standard InChI is InChI=1S/C12H13NO2.C10H13N.C4H6N2O.CH2O2/c1-7-5-9(12(14)10(13)6-7)11-4-3-8(2)15-11;1-11-10-6-5-8-3-2-4-9(8)7-10;1-3(5)4(6)2-7;2-1-3/h3-6,14H,13H2,1-2H3;5-7,11H,2-4H2,1H3;2,5-6H,1H3;1H,(H,2,3). The van der Waals surface area contributed by atoms with Gasteiger partial charge < -0.3 is 31.1 Å². The molecule has 0 radical (unpaired) electrons. The van der Waals surface area contributed by atoms with E-state index in [0.29, 0.717) is 23.3 Å². The number of aryl methyl sites for hydroxylation is 4. The van der Waals surface area contributed by atoms with Crippen LogP contribution in [0.1, 0.15) is 35.8 Å². The molecule has 0 saturated heterocycles. The molecule has 1 aliphatic carbocycles. The lowest BCUT2D eigenvalue weighted by Crippen LogP contribution is -2.07. The van der Waals surface area contributed by atoms with Crippen LogP contribution >= 0.6 is 0 Å². The number of phenolic OH excluding ortho intramolecular Hbond substituents is 1. The van der Waals surface area contributed by atoms with Crippen LogP contribution in [0.3, 0.4) is 0 Å². The zero-order valence-electron chi connectivity index (χ0n) is 21.0. The zero-order chi connectivity index (χ0) is 27.3. The first-order valence-electron chi connectivity index (χ1n) is 11.2. The summed E-state index contributed by atoms with van der Waals surface area (Å²) < 4.78 is 5.44. The van der Waals surface area contributed by atoms with E-state index in [2.05, 4.69) is 23.5 Å². The Labute approximate surface area is 211 Å². The highest BCUT2D eigenvalue weighted by molar-refractivity contribution is 6.59. The van der Waals surface area contributed by atoms with Gasteiger partial charge in [0.2, 0.25) is 0 Å². The number of anilines is 2. The number of aldehydes is 1. The quantitative estimate of drug-likeness (QED) is 0.128. The van der Waals surface area contributed by atoms with Crippen LogP contribution in [0.5, 0.6) is 5.75 Å². The molecule has 192 valence electrons. The van der Waals surface area contributed by atoms with Crippen molar-refractivity contribution < 1.29 is 24.2 Å². The number of hydrogen-bond donors (Lipinski definition) is 6. The van der Waals surface area contributed by atoms with Gasteiger partial charge in [-0.3, -0.25) is 15.0 Å². The number of nitrogen functional groups attached to an aromatic ring is 1. The molecule has 9 nitrogen and oxygen atoms in total. The number of aromatic hydroxyl groups is 1. The van der Waals surface area contributed by atoms with Crippen LogP contribution in [0, 0.1) is 24.7 Å². The maximum Gasteiger partial charge on any atom is 0.290 e. The van der Waals surface area contributed by atoms with Crippen molar-refractivity contribution in [2.24, 2.45) is 0 Å². The molecular weight excluding hydrogens is 460 g/mol. The van der Waals surface area contributed by atoms with E-state index in [4.69, 9.17) is 30.9 Å². The minimum Gasteiger partial charge on any atom is -0.505 e. The molecule has 0 spiro atoms. The number of nitrogens with two attached hydrogens (primary N) is 1. The van der Waals surface area contributed by atoms with Crippen molar-refractivity contribution in [1.29, 1.82) is 10.8 Å². The van der Waals surface area contributed by atoms with E-state index in [0.717, 1.165) is 11.3 Å². The summed E-state index contributed by atoms with van der Waals surface area (Å²) in [4.78, 5) is 17.9. The fourth-order valence-corrected chi connectivity index (χ4v) is 3.39. The number of nitrogens with one attached hydrogen (secondary N) is 3. The van der Waals surface area contributed by atoms with Gasteiger partial charge >= 0.3 is 0 Å². The second kappa shape index (κ2) is 14.8. The lowest BCUT2D eigenvalue weighted by molar-refractivity contribution is -0.122. The molecule has 4 rings (SSSR count). The van der Waals surface area contributed by atoms with Crippen LogP contribution in [-0.4, -0.2) is 41.4 Å². The molecular formula is C27H34N4O5. The Balaban J connectivity index is 0.000000272. The molecule has 1 aromatic heterocycles. The summed E-state index contributed by atoms with van der Waals surface area (Å²) in [6.45, 7) is 4.94. The molecule has 0 unspecified atom stereocenters. The summed E-state index contributed by atoms with van der Waals surface area (Å²) in [5, 5.41) is 33.1. The fourth-order valence-electron chi connectivity index (χ4n) is 3.39. The Bertz CT molecular complexity index is 1200. The van der Waals surface area contributed by atoms with E-state index in [1.807, 2.05) is 39.1 Å². The van der Waals surface area contributed by atoms with Gasteiger partial charge in [0, 0.05) is 12.7 Å². The summed E-state index contributed by atoms with van der Waals surface area (Å²) in [5.74, 6) is 1.53. The molecule has 0 atom stereocenters. The zero-order valence-corrected chi connectivity index (χ0v) is 21.0. The number of rotatable bonds is 4. The highest BCUT2D eigenvalue weighted by Crippen LogP contribution is 2.35. The first-order chi connectivity index (χ1) is 17.1.